The number of fused-ring (bicyclic) bond motifs is 1. The van der Waals surface area contributed by atoms with E-state index in [-0.39, 0.29) is 65.0 Å². The molecule has 0 spiro atoms. The number of methoxy groups -OCH3 is 1. The lowest BCUT2D eigenvalue weighted by atomic mass is 9.55. The van der Waals surface area contributed by atoms with E-state index in [2.05, 4.69) is 0 Å². The molecule has 2 heterocycles. The first kappa shape index (κ1) is 21.0. The maximum atomic E-state index is 13.3. The highest BCUT2D eigenvalue weighted by Gasteiger charge is 2.68. The van der Waals surface area contributed by atoms with E-state index in [9.17, 15) is 30.0 Å². The molecule has 0 aromatic heterocycles. The first-order chi connectivity index (χ1) is 16.2. The van der Waals surface area contributed by atoms with Crippen LogP contribution in [0.4, 0.5) is 0 Å². The molecule has 0 amide bonds. The predicted octanol–water partition coefficient (Wildman–Crippen LogP) is 2.02. The van der Waals surface area contributed by atoms with Gasteiger partial charge < -0.3 is 34.6 Å². The van der Waals surface area contributed by atoms with Crippen molar-refractivity contribution in [1.29, 1.82) is 0 Å². The fraction of sp³-hybridized carbons (Fsp3) is 0.360. The summed E-state index contributed by atoms with van der Waals surface area (Å²) in [5.41, 5.74) is 1.36. The first-order valence-electron chi connectivity index (χ1n) is 11.0. The lowest BCUT2D eigenvalue weighted by Gasteiger charge is -2.49. The number of ether oxygens (including phenoxy) is 3. The van der Waals surface area contributed by atoms with Crippen molar-refractivity contribution in [3.63, 3.8) is 0 Å². The van der Waals surface area contributed by atoms with Crippen LogP contribution in [0.2, 0.25) is 0 Å². The Morgan fingerprint density at radius 2 is 1.88 bits per heavy atom. The Morgan fingerprint density at radius 1 is 1.09 bits per heavy atom. The SMILES string of the molecule is COc1cc(C2C3C=C(C4CC(=O)c5c(O)cc(O)cc5O4)C4C2CO[C@]4(O)C3=O)ccc1O. The maximum Gasteiger partial charge on any atom is 0.234 e. The average molecular weight is 466 g/mol. The first-order valence-corrected chi connectivity index (χ1v) is 11.0. The van der Waals surface area contributed by atoms with E-state index >= 15 is 0 Å². The molecule has 2 aromatic rings. The zero-order chi connectivity index (χ0) is 23.9. The van der Waals surface area contributed by atoms with E-state index in [1.165, 1.54) is 19.2 Å². The van der Waals surface area contributed by atoms with Crippen LogP contribution in [0.15, 0.2) is 42.0 Å². The van der Waals surface area contributed by atoms with Crippen LogP contribution in [0.1, 0.15) is 28.3 Å². The molecular formula is C25H22O9. The van der Waals surface area contributed by atoms with Gasteiger partial charge in [0, 0.05) is 29.9 Å². The number of aromatic hydroxyl groups is 3. The van der Waals surface area contributed by atoms with Gasteiger partial charge in [0.05, 0.1) is 26.1 Å². The van der Waals surface area contributed by atoms with E-state index in [0.29, 0.717) is 5.57 Å². The van der Waals surface area contributed by atoms with Gasteiger partial charge in [-0.05, 0) is 23.3 Å². The minimum atomic E-state index is -2.01. The van der Waals surface area contributed by atoms with Crippen LogP contribution in [0.5, 0.6) is 28.7 Å². The van der Waals surface area contributed by atoms with Crippen LogP contribution in [0.25, 0.3) is 0 Å². The van der Waals surface area contributed by atoms with E-state index in [1.807, 2.05) is 0 Å². The Morgan fingerprint density at radius 3 is 2.65 bits per heavy atom. The summed E-state index contributed by atoms with van der Waals surface area (Å²) in [7, 11) is 1.44. The zero-order valence-corrected chi connectivity index (χ0v) is 18.1. The van der Waals surface area contributed by atoms with Gasteiger partial charge in [0.1, 0.15) is 28.9 Å². The topological polar surface area (TPSA) is 143 Å². The van der Waals surface area contributed by atoms with E-state index in [1.54, 1.807) is 18.2 Å². The second-order valence-electron chi connectivity index (χ2n) is 9.23. The normalized spacial score (nSPS) is 33.4. The molecule has 34 heavy (non-hydrogen) atoms. The summed E-state index contributed by atoms with van der Waals surface area (Å²) in [6, 6.07) is 7.25. The third-order valence-corrected chi connectivity index (χ3v) is 7.53. The fourth-order valence-corrected chi connectivity index (χ4v) is 6.14. The molecule has 4 bridgehead atoms. The lowest BCUT2D eigenvalue weighted by Crippen LogP contribution is -2.59. The number of phenols is 3. The quantitative estimate of drug-likeness (QED) is 0.500. The number of hydrogen-bond donors (Lipinski definition) is 4. The summed E-state index contributed by atoms with van der Waals surface area (Å²) in [6.45, 7) is 0.132. The third-order valence-electron chi connectivity index (χ3n) is 7.53. The average Bonchev–Trinajstić information content (AvgIpc) is 3.12. The molecule has 1 saturated carbocycles. The van der Waals surface area contributed by atoms with Crippen molar-refractivity contribution in [1.82, 2.24) is 0 Å². The summed E-state index contributed by atoms with van der Waals surface area (Å²) >= 11 is 0. The Labute approximate surface area is 193 Å². The Hall–Kier alpha value is -3.56. The largest absolute Gasteiger partial charge is 0.508 e. The molecule has 7 rings (SSSR count). The second kappa shape index (κ2) is 6.97. The van der Waals surface area contributed by atoms with E-state index in [0.717, 1.165) is 11.6 Å². The standard InChI is InChI=1S/C25H22O9/c1-32-19-4-10(2-3-15(19)27)21-13-7-12(23-14(21)9-33-25(23,31)24(13)30)18-8-17(29)22-16(28)5-11(26)6-20(22)34-18/h2-7,13-14,18,21,23,26-28,31H,8-9H2,1H3/t13?,14?,18?,21?,23?,25-/m0/s1. The molecule has 2 fully saturated rings. The highest BCUT2D eigenvalue weighted by atomic mass is 16.6. The van der Waals surface area contributed by atoms with Crippen molar-refractivity contribution < 1.29 is 44.2 Å². The van der Waals surface area contributed by atoms with Crippen LogP contribution >= 0.6 is 0 Å². The Balaban J connectivity index is 1.43. The number of allylic oxidation sites excluding steroid dienone is 1. The van der Waals surface area contributed by atoms with Crippen LogP contribution < -0.4 is 9.47 Å². The van der Waals surface area contributed by atoms with Gasteiger partial charge in [0.2, 0.25) is 5.79 Å². The van der Waals surface area contributed by atoms with Gasteiger partial charge in [-0.2, -0.15) is 0 Å². The minimum absolute atomic E-state index is 0.00121. The highest BCUT2D eigenvalue weighted by Crippen LogP contribution is 2.61. The molecule has 9 heteroatoms. The Bertz CT molecular complexity index is 1280. The van der Waals surface area contributed by atoms with Gasteiger partial charge >= 0.3 is 0 Å². The molecule has 0 radical (unpaired) electrons. The van der Waals surface area contributed by atoms with Crippen molar-refractivity contribution in [2.75, 3.05) is 13.7 Å². The third kappa shape index (κ3) is 2.68. The smallest absolute Gasteiger partial charge is 0.234 e. The molecule has 176 valence electrons. The molecule has 4 N–H and O–H groups in total. The molecule has 5 aliphatic rings. The number of carbonyl (C=O) groups excluding carboxylic acids is 2. The maximum absolute atomic E-state index is 13.3. The summed E-state index contributed by atoms with van der Waals surface area (Å²) < 4.78 is 16.9. The number of Topliss-reactive ketones (excluding diaryl/α,β-unsaturated/α-hetero) is 2. The van der Waals surface area contributed by atoms with Gasteiger partial charge in [-0.15, -0.1) is 0 Å². The second-order valence-corrected chi connectivity index (χ2v) is 9.23. The molecular weight excluding hydrogens is 444 g/mol. The molecule has 3 aliphatic carbocycles. The van der Waals surface area contributed by atoms with Crippen molar-refractivity contribution in [2.45, 2.75) is 24.2 Å². The Kier molecular flexibility index (Phi) is 4.31. The molecule has 9 nitrogen and oxygen atoms in total. The van der Waals surface area contributed by atoms with Crippen molar-refractivity contribution in [3.8, 4) is 28.7 Å². The molecule has 5 unspecified atom stereocenters. The molecule has 2 aromatic carbocycles. The van der Waals surface area contributed by atoms with E-state index in [4.69, 9.17) is 14.2 Å². The van der Waals surface area contributed by atoms with Gasteiger partial charge in [-0.25, -0.2) is 0 Å². The molecule has 1 saturated heterocycles. The summed E-state index contributed by atoms with van der Waals surface area (Å²) in [5, 5.41) is 41.2. The van der Waals surface area contributed by atoms with Crippen molar-refractivity contribution in [2.24, 2.45) is 17.8 Å². The van der Waals surface area contributed by atoms with E-state index < -0.39 is 29.5 Å². The van der Waals surface area contributed by atoms with Crippen LogP contribution in [0, 0.1) is 17.8 Å². The van der Waals surface area contributed by atoms with Crippen LogP contribution in [-0.2, 0) is 9.53 Å². The van der Waals surface area contributed by atoms with Gasteiger partial charge in [-0.3, -0.25) is 9.59 Å². The van der Waals surface area contributed by atoms with Crippen molar-refractivity contribution in [3.05, 3.63) is 53.1 Å². The van der Waals surface area contributed by atoms with Crippen LogP contribution in [-0.4, -0.2) is 57.6 Å². The summed E-state index contributed by atoms with van der Waals surface area (Å²) in [5.74, 6) is -5.20. The van der Waals surface area contributed by atoms with Crippen molar-refractivity contribution >= 4 is 11.6 Å². The number of aliphatic hydroxyl groups is 1. The minimum Gasteiger partial charge on any atom is -0.508 e. The van der Waals surface area contributed by atoms with Gasteiger partial charge in [-0.1, -0.05) is 12.1 Å². The summed E-state index contributed by atoms with van der Waals surface area (Å²) in [4.78, 5) is 26.1. The number of benzene rings is 2. The number of phenolic OH excluding ortho intramolecular Hbond substituents is 3. The van der Waals surface area contributed by atoms with Gasteiger partial charge in [0.15, 0.2) is 23.1 Å². The number of carbonyl (C=O) groups is 2. The monoisotopic (exact) mass is 466 g/mol. The predicted molar refractivity (Wildman–Crippen MR) is 115 cm³/mol. The zero-order valence-electron chi connectivity index (χ0n) is 18.1. The van der Waals surface area contributed by atoms with Gasteiger partial charge in [0.25, 0.3) is 0 Å². The summed E-state index contributed by atoms with van der Waals surface area (Å²) in [6.07, 6.45) is 0.880. The number of rotatable bonds is 3. The molecule has 6 atom stereocenters. The molecule has 2 aliphatic heterocycles. The number of ketones is 2. The lowest BCUT2D eigenvalue weighted by molar-refractivity contribution is -0.205. The van der Waals surface area contributed by atoms with Crippen LogP contribution in [0.3, 0.4) is 0 Å². The fourth-order valence-electron chi connectivity index (χ4n) is 6.14. The number of hydrogen-bond acceptors (Lipinski definition) is 9. The highest BCUT2D eigenvalue weighted by molar-refractivity contribution is 6.03.